The third-order valence-electron chi connectivity index (χ3n) is 5.40. The molecule has 1 saturated heterocycles. The maximum atomic E-state index is 13.1. The van der Waals surface area contributed by atoms with Crippen LogP contribution in [0, 0.1) is 5.92 Å². The van der Waals surface area contributed by atoms with Gasteiger partial charge in [0.15, 0.2) is 0 Å². The molecule has 25 heavy (non-hydrogen) atoms. The number of carbonyl (C=O) groups is 1. The van der Waals surface area contributed by atoms with Crippen LogP contribution in [0.2, 0.25) is 0 Å². The molecule has 0 aliphatic carbocycles. The molecule has 2 unspecified atom stereocenters. The Balaban J connectivity index is 1.58. The highest BCUT2D eigenvalue weighted by atomic mass is 16.3. The summed E-state index contributed by atoms with van der Waals surface area (Å²) in [6, 6.07) is 15.6. The molecule has 130 valence electrons. The first-order valence-corrected chi connectivity index (χ1v) is 9.04. The van der Waals surface area contributed by atoms with Crippen LogP contribution in [0.25, 0.3) is 0 Å². The molecule has 1 fully saturated rings. The Morgan fingerprint density at radius 2 is 1.92 bits per heavy atom. The average molecular weight is 336 g/mol. The minimum absolute atomic E-state index is 0.0236. The van der Waals surface area contributed by atoms with Crippen LogP contribution in [0.5, 0.6) is 0 Å². The number of rotatable bonds is 3. The fourth-order valence-electron chi connectivity index (χ4n) is 4.01. The lowest BCUT2D eigenvalue weighted by Crippen LogP contribution is -2.40. The molecule has 0 bridgehead atoms. The minimum atomic E-state index is -0.177. The average Bonchev–Trinajstić information content (AvgIpc) is 3.24. The van der Waals surface area contributed by atoms with Gasteiger partial charge in [-0.05, 0) is 54.7 Å². The van der Waals surface area contributed by atoms with Crippen LogP contribution >= 0.6 is 0 Å². The first-order chi connectivity index (χ1) is 12.2. The summed E-state index contributed by atoms with van der Waals surface area (Å²) in [5.41, 5.74) is 3.90. The summed E-state index contributed by atoms with van der Waals surface area (Å²) in [7, 11) is 0. The lowest BCUT2D eigenvalue weighted by Gasteiger charge is -2.25. The van der Waals surface area contributed by atoms with Gasteiger partial charge in [-0.3, -0.25) is 4.79 Å². The second-order valence-electron chi connectivity index (χ2n) is 7.23. The molecule has 2 heterocycles. The number of para-hydroxylation sites is 1. The molecular formula is C21H24N2O2. The Morgan fingerprint density at radius 3 is 2.60 bits per heavy atom. The Labute approximate surface area is 148 Å². The molecular weight excluding hydrogens is 312 g/mol. The van der Waals surface area contributed by atoms with Crippen LogP contribution in [-0.2, 0) is 6.42 Å². The van der Waals surface area contributed by atoms with E-state index in [1.54, 1.807) is 4.90 Å². The third kappa shape index (κ3) is 2.91. The molecule has 2 aromatic carbocycles. The summed E-state index contributed by atoms with van der Waals surface area (Å²) in [5.74, 6) is 0.693. The molecule has 0 radical (unpaired) electrons. The van der Waals surface area contributed by atoms with Gasteiger partial charge in [-0.25, -0.2) is 0 Å². The van der Waals surface area contributed by atoms with E-state index in [-0.39, 0.29) is 18.6 Å². The van der Waals surface area contributed by atoms with Crippen molar-refractivity contribution in [3.05, 3.63) is 59.7 Å². The van der Waals surface area contributed by atoms with Crippen molar-refractivity contribution in [1.82, 2.24) is 0 Å². The van der Waals surface area contributed by atoms with Crippen molar-refractivity contribution in [3.63, 3.8) is 0 Å². The van der Waals surface area contributed by atoms with E-state index in [1.165, 1.54) is 12.1 Å². The predicted molar refractivity (Wildman–Crippen MR) is 100 cm³/mol. The van der Waals surface area contributed by atoms with Gasteiger partial charge in [-0.1, -0.05) is 25.1 Å². The summed E-state index contributed by atoms with van der Waals surface area (Å²) >= 11 is 0. The topological polar surface area (TPSA) is 43.8 Å². The number of carbonyl (C=O) groups excluding carboxylic acids is 1. The zero-order chi connectivity index (χ0) is 17.4. The highest BCUT2D eigenvalue weighted by molar-refractivity contribution is 6.08. The van der Waals surface area contributed by atoms with Crippen molar-refractivity contribution >= 4 is 17.3 Å². The molecule has 0 aromatic heterocycles. The molecule has 4 rings (SSSR count). The van der Waals surface area contributed by atoms with Gasteiger partial charge in [0.05, 0.1) is 12.6 Å². The molecule has 2 atom stereocenters. The van der Waals surface area contributed by atoms with Gasteiger partial charge in [0.1, 0.15) is 0 Å². The van der Waals surface area contributed by atoms with E-state index >= 15 is 0 Å². The second kappa shape index (κ2) is 6.52. The number of hydrogen-bond acceptors (Lipinski definition) is 3. The monoisotopic (exact) mass is 336 g/mol. The van der Waals surface area contributed by atoms with E-state index < -0.39 is 0 Å². The zero-order valence-corrected chi connectivity index (χ0v) is 14.6. The third-order valence-corrected chi connectivity index (χ3v) is 5.40. The Kier molecular flexibility index (Phi) is 4.22. The number of hydrogen-bond donors (Lipinski definition) is 1. The largest absolute Gasteiger partial charge is 0.394 e. The van der Waals surface area contributed by atoms with Gasteiger partial charge in [-0.15, -0.1) is 0 Å². The normalized spacial score (nSPS) is 22.3. The van der Waals surface area contributed by atoms with Crippen LogP contribution < -0.4 is 9.80 Å². The van der Waals surface area contributed by atoms with Gasteiger partial charge in [0.2, 0.25) is 0 Å². The second-order valence-corrected chi connectivity index (χ2v) is 7.23. The predicted octanol–water partition coefficient (Wildman–Crippen LogP) is 3.10. The number of amides is 1. The smallest absolute Gasteiger partial charge is 0.258 e. The lowest BCUT2D eigenvalue weighted by atomic mass is 10.1. The first kappa shape index (κ1) is 16.2. The van der Waals surface area contributed by atoms with E-state index in [4.69, 9.17) is 0 Å². The van der Waals surface area contributed by atoms with Crippen molar-refractivity contribution in [3.8, 4) is 0 Å². The molecule has 1 amide bonds. The fraction of sp³-hybridized carbons (Fsp3) is 0.381. The van der Waals surface area contributed by atoms with E-state index in [0.29, 0.717) is 12.0 Å². The summed E-state index contributed by atoms with van der Waals surface area (Å²) < 4.78 is 0. The molecule has 0 spiro atoms. The van der Waals surface area contributed by atoms with Crippen LogP contribution in [0.15, 0.2) is 48.5 Å². The van der Waals surface area contributed by atoms with Gasteiger partial charge < -0.3 is 14.9 Å². The number of fused-ring (bicyclic) bond motifs is 1. The van der Waals surface area contributed by atoms with Crippen molar-refractivity contribution in [1.29, 1.82) is 0 Å². The number of aliphatic hydroxyl groups is 1. The van der Waals surface area contributed by atoms with Crippen molar-refractivity contribution in [2.45, 2.75) is 25.8 Å². The summed E-state index contributed by atoms with van der Waals surface area (Å²) in [5, 5.41) is 9.72. The quantitative estimate of drug-likeness (QED) is 0.937. The molecule has 2 aliphatic heterocycles. The van der Waals surface area contributed by atoms with Crippen molar-refractivity contribution < 1.29 is 9.90 Å². The number of aliphatic hydroxyl groups excluding tert-OH is 1. The van der Waals surface area contributed by atoms with E-state index in [0.717, 1.165) is 30.3 Å². The number of nitrogens with zero attached hydrogens (tertiary/aromatic N) is 2. The van der Waals surface area contributed by atoms with Crippen LogP contribution in [0.3, 0.4) is 0 Å². The van der Waals surface area contributed by atoms with Crippen LogP contribution in [-0.4, -0.2) is 36.8 Å². The molecule has 4 heteroatoms. The fourth-order valence-corrected chi connectivity index (χ4v) is 4.01. The first-order valence-electron chi connectivity index (χ1n) is 9.04. The Bertz CT molecular complexity index is 772. The molecule has 2 aliphatic rings. The minimum Gasteiger partial charge on any atom is -0.394 e. The summed E-state index contributed by atoms with van der Waals surface area (Å²) in [6.07, 6.45) is 1.94. The molecule has 1 N–H and O–H groups in total. The van der Waals surface area contributed by atoms with Crippen molar-refractivity contribution in [2.24, 2.45) is 5.92 Å². The SMILES string of the molecule is CC1CCN(c2ccc(C(=O)N3c4ccccc4CC3CO)cc2)C1. The lowest BCUT2D eigenvalue weighted by molar-refractivity contribution is 0.0968. The van der Waals surface area contributed by atoms with Gasteiger partial charge in [0, 0.05) is 30.0 Å². The van der Waals surface area contributed by atoms with Crippen molar-refractivity contribution in [2.75, 3.05) is 29.5 Å². The number of benzene rings is 2. The summed E-state index contributed by atoms with van der Waals surface area (Å²) in [6.45, 7) is 4.42. The van der Waals surface area contributed by atoms with E-state index in [9.17, 15) is 9.90 Å². The Morgan fingerprint density at radius 1 is 1.16 bits per heavy atom. The molecule has 2 aromatic rings. The van der Waals surface area contributed by atoms with Crippen LogP contribution in [0.4, 0.5) is 11.4 Å². The molecule has 0 saturated carbocycles. The van der Waals surface area contributed by atoms with Crippen LogP contribution in [0.1, 0.15) is 29.3 Å². The standard InChI is InChI=1S/C21H24N2O2/c1-15-10-11-22(13-15)18-8-6-16(7-9-18)21(25)23-19(14-24)12-17-4-2-3-5-20(17)23/h2-9,15,19,24H,10-14H2,1H3. The van der Waals surface area contributed by atoms with Gasteiger partial charge >= 0.3 is 0 Å². The summed E-state index contributed by atoms with van der Waals surface area (Å²) in [4.78, 5) is 17.2. The highest BCUT2D eigenvalue weighted by Crippen LogP contribution is 2.33. The van der Waals surface area contributed by atoms with E-state index in [1.807, 2.05) is 48.5 Å². The zero-order valence-electron chi connectivity index (χ0n) is 14.6. The number of anilines is 2. The van der Waals surface area contributed by atoms with E-state index in [2.05, 4.69) is 11.8 Å². The van der Waals surface area contributed by atoms with Gasteiger partial charge in [-0.2, -0.15) is 0 Å². The maximum absolute atomic E-state index is 13.1. The highest BCUT2D eigenvalue weighted by Gasteiger charge is 2.33. The van der Waals surface area contributed by atoms with Gasteiger partial charge in [0.25, 0.3) is 5.91 Å². The maximum Gasteiger partial charge on any atom is 0.258 e. The Hall–Kier alpha value is -2.33. The molecule has 4 nitrogen and oxygen atoms in total.